The Morgan fingerprint density at radius 3 is 2.82 bits per heavy atom. The molecule has 0 spiro atoms. The minimum absolute atomic E-state index is 0.349. The van der Waals surface area contributed by atoms with E-state index >= 15 is 0 Å². The molecule has 2 aliphatic heterocycles. The summed E-state index contributed by atoms with van der Waals surface area (Å²) in [5.74, 6) is 0.932. The third-order valence-corrected chi connectivity index (χ3v) is 8.15. The molecule has 0 atom stereocenters. The van der Waals surface area contributed by atoms with Crippen molar-refractivity contribution in [2.75, 3.05) is 24.5 Å². The number of nitrogens with one attached hydrogen (secondary N) is 2. The molecule has 2 N–H and O–H groups in total. The number of thioether (sulfide) groups is 1. The van der Waals surface area contributed by atoms with E-state index in [1.54, 1.807) is 29.7 Å². The second kappa shape index (κ2) is 10.2. The van der Waals surface area contributed by atoms with Crippen LogP contribution in [0.3, 0.4) is 0 Å². The Labute approximate surface area is 204 Å². The quantitative estimate of drug-likeness (QED) is 0.462. The first kappa shape index (κ1) is 22.3. The maximum absolute atomic E-state index is 11.8. The molecule has 0 saturated carbocycles. The lowest BCUT2D eigenvalue weighted by molar-refractivity contribution is -0.115. The smallest absolute Gasteiger partial charge is 0.290 e. The van der Waals surface area contributed by atoms with Gasteiger partial charge in [-0.15, -0.1) is 11.3 Å². The van der Waals surface area contributed by atoms with Gasteiger partial charge >= 0.3 is 0 Å². The zero-order valence-electron chi connectivity index (χ0n) is 17.8. The lowest BCUT2D eigenvalue weighted by Gasteiger charge is -2.32. The maximum atomic E-state index is 11.8. The molecule has 2 amide bonds. The monoisotopic (exact) mass is 497 g/mol. The minimum Gasteiger partial charge on any atom is -0.341 e. The number of hydrogen-bond acceptors (Lipinski definition) is 9. The number of anilines is 1. The van der Waals surface area contributed by atoms with Crippen LogP contribution in [-0.2, 0) is 11.3 Å². The lowest BCUT2D eigenvalue weighted by atomic mass is 9.97. The van der Waals surface area contributed by atoms with E-state index in [1.807, 2.05) is 11.3 Å². The Morgan fingerprint density at radius 2 is 2.06 bits per heavy atom. The maximum Gasteiger partial charge on any atom is 0.290 e. The summed E-state index contributed by atoms with van der Waals surface area (Å²) < 4.78 is 0. The number of thiophene rings is 2. The Hall–Kier alpha value is -2.53. The van der Waals surface area contributed by atoms with Crippen molar-refractivity contribution in [3.8, 4) is 11.1 Å². The van der Waals surface area contributed by atoms with E-state index in [1.165, 1.54) is 16.0 Å². The van der Waals surface area contributed by atoms with Crippen LogP contribution in [0.15, 0.2) is 45.4 Å². The zero-order chi connectivity index (χ0) is 22.6. The van der Waals surface area contributed by atoms with E-state index in [0.717, 1.165) is 50.8 Å². The molecule has 7 nitrogen and oxygen atoms in total. The molecular formula is C23H23N5O2S3. The largest absolute Gasteiger partial charge is 0.341 e. The molecule has 5 heterocycles. The average molecular weight is 498 g/mol. The fraction of sp³-hybridized carbons (Fsp3) is 0.304. The van der Waals surface area contributed by atoms with Gasteiger partial charge in [-0.25, -0.2) is 9.97 Å². The molecule has 0 aromatic carbocycles. The van der Waals surface area contributed by atoms with Crippen molar-refractivity contribution >= 4 is 57.6 Å². The number of rotatable bonds is 7. The van der Waals surface area contributed by atoms with Gasteiger partial charge in [0, 0.05) is 30.7 Å². The second-order valence-corrected chi connectivity index (χ2v) is 10.8. The highest BCUT2D eigenvalue weighted by molar-refractivity contribution is 8.18. The number of aromatic nitrogens is 2. The molecule has 5 rings (SSSR count). The van der Waals surface area contributed by atoms with Gasteiger partial charge in [0.05, 0.1) is 10.6 Å². The lowest BCUT2D eigenvalue weighted by Crippen LogP contribution is -2.38. The predicted octanol–water partition coefficient (Wildman–Crippen LogP) is 4.60. The summed E-state index contributed by atoms with van der Waals surface area (Å²) in [7, 11) is 0. The van der Waals surface area contributed by atoms with E-state index < -0.39 is 0 Å². The molecule has 2 aliphatic rings. The zero-order valence-corrected chi connectivity index (χ0v) is 20.3. The summed E-state index contributed by atoms with van der Waals surface area (Å²) in [5, 5.41) is 12.1. The third-order valence-electron chi connectivity index (χ3n) is 5.72. The molecule has 3 aromatic heterocycles. The van der Waals surface area contributed by atoms with E-state index in [9.17, 15) is 9.59 Å². The van der Waals surface area contributed by atoms with Gasteiger partial charge in [0.25, 0.3) is 11.1 Å². The van der Waals surface area contributed by atoms with Crippen molar-refractivity contribution in [2.45, 2.75) is 19.4 Å². The van der Waals surface area contributed by atoms with Crippen LogP contribution >= 0.6 is 34.4 Å². The van der Waals surface area contributed by atoms with Crippen LogP contribution in [0.4, 0.5) is 10.7 Å². The van der Waals surface area contributed by atoms with Crippen LogP contribution in [0.2, 0.25) is 0 Å². The fourth-order valence-corrected chi connectivity index (χ4v) is 6.13. The Kier molecular flexibility index (Phi) is 6.86. The van der Waals surface area contributed by atoms with Gasteiger partial charge in [0.1, 0.15) is 0 Å². The number of nitrogens with zero attached hydrogens (tertiary/aromatic N) is 3. The summed E-state index contributed by atoms with van der Waals surface area (Å²) in [4.78, 5) is 36.0. The number of carbonyl (C=O) groups excluding carboxylic acids is 2. The first-order chi connectivity index (χ1) is 16.1. The fourth-order valence-electron chi connectivity index (χ4n) is 3.94. The molecule has 170 valence electrons. The summed E-state index contributed by atoms with van der Waals surface area (Å²) >= 11 is 4.44. The standard InChI is InChI=1S/C23H23N5O2S3/c29-21-20(33-23(30)27-21)10-18-1-5-25-22(26-18)28-6-2-15(3-7-28)11-24-12-19-9-17(14-32-19)16-4-8-31-13-16/h1,4-5,8-10,13-15,24H,2-3,6-7,11-12H2,(H,27,29,30). The van der Waals surface area contributed by atoms with E-state index in [-0.39, 0.29) is 11.1 Å². The molecule has 3 aromatic rings. The predicted molar refractivity (Wildman–Crippen MR) is 135 cm³/mol. The van der Waals surface area contributed by atoms with Crippen molar-refractivity contribution < 1.29 is 9.59 Å². The normalized spacial score (nSPS) is 18.3. The Bertz CT molecular complexity index is 1170. The van der Waals surface area contributed by atoms with Crippen LogP contribution < -0.4 is 15.5 Å². The summed E-state index contributed by atoms with van der Waals surface area (Å²) in [6.45, 7) is 3.72. The number of piperidine rings is 1. The van der Waals surface area contributed by atoms with Crippen molar-refractivity contribution in [2.24, 2.45) is 5.92 Å². The molecule has 2 saturated heterocycles. The van der Waals surface area contributed by atoms with Crippen molar-refractivity contribution in [1.82, 2.24) is 20.6 Å². The van der Waals surface area contributed by atoms with Gasteiger partial charge < -0.3 is 10.2 Å². The first-order valence-corrected chi connectivity index (χ1v) is 13.4. The number of hydrogen-bond donors (Lipinski definition) is 2. The molecule has 0 aliphatic carbocycles. The molecule has 2 fully saturated rings. The van der Waals surface area contributed by atoms with Crippen LogP contribution in [0, 0.1) is 5.92 Å². The molecule has 0 bridgehead atoms. The molecule has 33 heavy (non-hydrogen) atoms. The number of imide groups is 1. The highest BCUT2D eigenvalue weighted by Gasteiger charge is 2.25. The molecule has 0 unspecified atom stereocenters. The van der Waals surface area contributed by atoms with Crippen LogP contribution in [0.5, 0.6) is 0 Å². The summed E-state index contributed by atoms with van der Waals surface area (Å²) in [6, 6.07) is 6.20. The number of amides is 2. The van der Waals surface area contributed by atoms with Gasteiger partial charge in [-0.3, -0.25) is 14.9 Å². The highest BCUT2D eigenvalue weighted by atomic mass is 32.2. The third kappa shape index (κ3) is 5.52. The SMILES string of the molecule is O=C1NC(=O)C(=Cc2ccnc(N3CCC(CNCc4cc(-c5ccsc5)cs4)CC3)n2)S1. The van der Waals surface area contributed by atoms with Gasteiger partial charge in [0.15, 0.2) is 0 Å². The topological polar surface area (TPSA) is 87.2 Å². The highest BCUT2D eigenvalue weighted by Crippen LogP contribution is 2.28. The average Bonchev–Trinajstić information content (AvgIpc) is 3.57. The second-order valence-electron chi connectivity index (χ2n) is 8.01. The van der Waals surface area contributed by atoms with Gasteiger partial charge in [0.2, 0.25) is 5.95 Å². The van der Waals surface area contributed by atoms with Crippen LogP contribution in [-0.4, -0.2) is 40.7 Å². The molecular weight excluding hydrogens is 474 g/mol. The van der Waals surface area contributed by atoms with Gasteiger partial charge in [-0.1, -0.05) is 0 Å². The van der Waals surface area contributed by atoms with Crippen molar-refractivity contribution in [3.63, 3.8) is 0 Å². The van der Waals surface area contributed by atoms with Crippen molar-refractivity contribution in [1.29, 1.82) is 0 Å². The van der Waals surface area contributed by atoms with E-state index in [2.05, 4.69) is 53.8 Å². The van der Waals surface area contributed by atoms with Crippen molar-refractivity contribution in [3.05, 3.63) is 56.0 Å². The summed E-state index contributed by atoms with van der Waals surface area (Å²) in [6.07, 6.45) is 5.51. The molecule has 10 heteroatoms. The van der Waals surface area contributed by atoms with Gasteiger partial charge in [-0.05, 0) is 88.6 Å². The first-order valence-electron chi connectivity index (χ1n) is 10.8. The number of carbonyl (C=O) groups is 2. The van der Waals surface area contributed by atoms with Crippen LogP contribution in [0.1, 0.15) is 23.4 Å². The summed E-state index contributed by atoms with van der Waals surface area (Å²) in [5.41, 5.74) is 3.24. The minimum atomic E-state index is -0.372. The van der Waals surface area contributed by atoms with Gasteiger partial charge in [-0.2, -0.15) is 11.3 Å². The molecule has 0 radical (unpaired) electrons. The van der Waals surface area contributed by atoms with E-state index in [0.29, 0.717) is 22.5 Å². The van der Waals surface area contributed by atoms with E-state index in [4.69, 9.17) is 0 Å². The Balaban J connectivity index is 1.10. The Morgan fingerprint density at radius 1 is 1.18 bits per heavy atom. The van der Waals surface area contributed by atoms with Crippen LogP contribution in [0.25, 0.3) is 17.2 Å².